The van der Waals surface area contributed by atoms with Crippen molar-refractivity contribution >= 4 is 17.6 Å². The largest absolute Gasteiger partial charge is 0.391 e. The molecule has 1 fully saturated rings. The molecule has 2 aromatic rings. The van der Waals surface area contributed by atoms with Crippen LogP contribution in [0.15, 0.2) is 27.9 Å². The number of aromatic nitrogens is 1. The van der Waals surface area contributed by atoms with Crippen LogP contribution < -0.4 is 4.90 Å². The summed E-state index contributed by atoms with van der Waals surface area (Å²) in [6.45, 7) is 5.59. The molecule has 0 saturated carbocycles. The number of benzene rings is 1. The Labute approximate surface area is 145 Å². The first-order valence-corrected chi connectivity index (χ1v) is 8.16. The van der Waals surface area contributed by atoms with E-state index in [1.54, 1.807) is 6.07 Å². The monoisotopic (exact) mass is 344 g/mol. The molecule has 8 heteroatoms. The van der Waals surface area contributed by atoms with Gasteiger partial charge in [0.1, 0.15) is 18.1 Å². The molecule has 1 aliphatic rings. The van der Waals surface area contributed by atoms with Crippen LogP contribution in [-0.2, 0) is 11.4 Å². The van der Waals surface area contributed by atoms with E-state index in [2.05, 4.69) is 10.3 Å². The van der Waals surface area contributed by atoms with Gasteiger partial charge >= 0.3 is 0 Å². The molecule has 0 amide bonds. The summed E-state index contributed by atoms with van der Waals surface area (Å²) in [5.41, 5.74) is 2.99. The van der Waals surface area contributed by atoms with Gasteiger partial charge in [-0.05, 0) is 32.8 Å². The molecule has 8 nitrogen and oxygen atoms in total. The Morgan fingerprint density at radius 2 is 2.16 bits per heavy atom. The van der Waals surface area contributed by atoms with Crippen LogP contribution in [0.1, 0.15) is 35.4 Å². The van der Waals surface area contributed by atoms with Gasteiger partial charge in [0.2, 0.25) is 0 Å². The zero-order valence-electron chi connectivity index (χ0n) is 14.3. The third kappa shape index (κ3) is 3.78. The van der Waals surface area contributed by atoms with E-state index in [0.717, 1.165) is 37.2 Å². The van der Waals surface area contributed by atoms with Gasteiger partial charge in [0.15, 0.2) is 0 Å². The lowest BCUT2D eigenvalue weighted by atomic mass is 10.1. The fourth-order valence-corrected chi connectivity index (χ4v) is 2.90. The summed E-state index contributed by atoms with van der Waals surface area (Å²) in [7, 11) is 0. The van der Waals surface area contributed by atoms with Crippen LogP contribution >= 0.6 is 0 Å². The first-order chi connectivity index (χ1) is 12.1. The predicted octanol–water partition coefficient (Wildman–Crippen LogP) is 3.35. The van der Waals surface area contributed by atoms with Crippen LogP contribution in [0.25, 0.3) is 0 Å². The Kier molecular flexibility index (Phi) is 4.97. The molecular formula is C17H20N4O4. The van der Waals surface area contributed by atoms with Crippen LogP contribution in [0.2, 0.25) is 0 Å². The molecule has 0 unspecified atom stereocenters. The summed E-state index contributed by atoms with van der Waals surface area (Å²) in [5, 5.41) is 19.1. The molecule has 1 aromatic carbocycles. The van der Waals surface area contributed by atoms with E-state index >= 15 is 0 Å². The second-order valence-electron chi connectivity index (χ2n) is 6.01. The lowest BCUT2D eigenvalue weighted by Gasteiger charge is -2.17. The highest BCUT2D eigenvalue weighted by atomic mass is 16.6. The minimum Gasteiger partial charge on any atom is -0.391 e. The van der Waals surface area contributed by atoms with Gasteiger partial charge in [0.05, 0.1) is 22.4 Å². The minimum absolute atomic E-state index is 0.0940. The Hall–Kier alpha value is -2.90. The number of hydrogen-bond donors (Lipinski definition) is 0. The SMILES string of the molecule is Cc1noc(C)c1CO/N=C\c1ccc(N2CCCC2)c([N+](=O)[O-])c1. The zero-order chi connectivity index (χ0) is 17.8. The number of nitro groups is 1. The molecule has 3 rings (SSSR count). The second kappa shape index (κ2) is 7.33. The smallest absolute Gasteiger partial charge is 0.293 e. The van der Waals surface area contributed by atoms with E-state index in [-0.39, 0.29) is 17.2 Å². The van der Waals surface area contributed by atoms with Crippen LogP contribution in [0, 0.1) is 24.0 Å². The van der Waals surface area contributed by atoms with Crippen molar-refractivity contribution in [3.63, 3.8) is 0 Å². The number of nitrogens with zero attached hydrogens (tertiary/aromatic N) is 4. The van der Waals surface area contributed by atoms with Crippen LogP contribution in [-0.4, -0.2) is 29.4 Å². The molecule has 1 aliphatic heterocycles. The van der Waals surface area contributed by atoms with Crippen LogP contribution in [0.5, 0.6) is 0 Å². The van der Waals surface area contributed by atoms with Gasteiger partial charge in [-0.15, -0.1) is 0 Å². The quantitative estimate of drug-likeness (QED) is 0.453. The average molecular weight is 344 g/mol. The van der Waals surface area contributed by atoms with Crippen LogP contribution in [0.4, 0.5) is 11.4 Å². The topological polar surface area (TPSA) is 94.0 Å². The molecule has 0 spiro atoms. The fourth-order valence-electron chi connectivity index (χ4n) is 2.90. The number of hydrogen-bond acceptors (Lipinski definition) is 7. The van der Waals surface area contributed by atoms with E-state index < -0.39 is 0 Å². The van der Waals surface area contributed by atoms with Crippen molar-refractivity contribution < 1.29 is 14.3 Å². The Bertz CT molecular complexity index is 774. The minimum atomic E-state index is -0.351. The third-order valence-corrected chi connectivity index (χ3v) is 4.31. The van der Waals surface area contributed by atoms with E-state index in [4.69, 9.17) is 9.36 Å². The van der Waals surface area contributed by atoms with Crippen molar-refractivity contribution in [3.05, 3.63) is 50.9 Å². The summed E-state index contributed by atoms with van der Waals surface area (Å²) < 4.78 is 5.05. The van der Waals surface area contributed by atoms with Gasteiger partial charge in [-0.3, -0.25) is 10.1 Å². The maximum absolute atomic E-state index is 11.4. The highest BCUT2D eigenvalue weighted by Crippen LogP contribution is 2.31. The number of oxime groups is 1. The van der Waals surface area contributed by atoms with Crippen molar-refractivity contribution in [1.29, 1.82) is 0 Å². The molecule has 2 heterocycles. The van der Waals surface area contributed by atoms with E-state index in [1.807, 2.05) is 24.8 Å². The van der Waals surface area contributed by atoms with Crippen molar-refractivity contribution in [2.75, 3.05) is 18.0 Å². The molecule has 0 radical (unpaired) electrons. The lowest BCUT2D eigenvalue weighted by molar-refractivity contribution is -0.384. The highest BCUT2D eigenvalue weighted by Gasteiger charge is 2.22. The van der Waals surface area contributed by atoms with Crippen molar-refractivity contribution in [1.82, 2.24) is 5.16 Å². The predicted molar refractivity (Wildman–Crippen MR) is 92.9 cm³/mol. The number of rotatable bonds is 6. The summed E-state index contributed by atoms with van der Waals surface area (Å²) in [6, 6.07) is 5.11. The standard InChI is InChI=1S/C17H20N4O4/c1-12-15(13(2)25-19-12)11-24-18-10-14-5-6-16(17(9-14)21(22)23)20-7-3-4-8-20/h5-6,9-10H,3-4,7-8,11H2,1-2H3/b18-10-. The molecule has 25 heavy (non-hydrogen) atoms. The molecule has 0 atom stereocenters. The molecule has 132 valence electrons. The van der Waals surface area contributed by atoms with E-state index in [1.165, 1.54) is 12.3 Å². The summed E-state index contributed by atoms with van der Waals surface area (Å²) in [5.74, 6) is 0.693. The normalized spacial score (nSPS) is 14.4. The van der Waals surface area contributed by atoms with Gasteiger partial charge in [-0.25, -0.2) is 0 Å². The van der Waals surface area contributed by atoms with Crippen molar-refractivity contribution in [2.24, 2.45) is 5.16 Å². The lowest BCUT2D eigenvalue weighted by Crippen LogP contribution is -2.18. The van der Waals surface area contributed by atoms with Gasteiger partial charge < -0.3 is 14.3 Å². The molecule has 0 N–H and O–H groups in total. The second-order valence-corrected chi connectivity index (χ2v) is 6.01. The highest BCUT2D eigenvalue weighted by molar-refractivity contribution is 5.83. The van der Waals surface area contributed by atoms with Crippen LogP contribution in [0.3, 0.4) is 0 Å². The first-order valence-electron chi connectivity index (χ1n) is 8.16. The zero-order valence-corrected chi connectivity index (χ0v) is 14.3. The molecule has 0 bridgehead atoms. The molecule has 1 aromatic heterocycles. The third-order valence-electron chi connectivity index (χ3n) is 4.31. The maximum Gasteiger partial charge on any atom is 0.293 e. The number of aryl methyl sites for hydroxylation is 2. The summed E-state index contributed by atoms with van der Waals surface area (Å²) >= 11 is 0. The molecular weight excluding hydrogens is 324 g/mol. The molecule has 1 saturated heterocycles. The number of anilines is 1. The van der Waals surface area contributed by atoms with Gasteiger partial charge in [-0.1, -0.05) is 16.4 Å². The Morgan fingerprint density at radius 1 is 1.40 bits per heavy atom. The Balaban J connectivity index is 1.70. The molecule has 0 aliphatic carbocycles. The summed E-state index contributed by atoms with van der Waals surface area (Å²) in [4.78, 5) is 18.3. The van der Waals surface area contributed by atoms with Gasteiger partial charge in [0, 0.05) is 24.7 Å². The van der Waals surface area contributed by atoms with Crippen molar-refractivity contribution in [3.8, 4) is 0 Å². The van der Waals surface area contributed by atoms with E-state index in [0.29, 0.717) is 17.0 Å². The average Bonchev–Trinajstić information content (AvgIpc) is 3.23. The fraction of sp³-hybridized carbons (Fsp3) is 0.412. The van der Waals surface area contributed by atoms with Gasteiger partial charge in [0.25, 0.3) is 5.69 Å². The van der Waals surface area contributed by atoms with E-state index in [9.17, 15) is 10.1 Å². The van der Waals surface area contributed by atoms with Crippen molar-refractivity contribution in [2.45, 2.75) is 33.3 Å². The first kappa shape index (κ1) is 16.9. The Morgan fingerprint density at radius 3 is 2.80 bits per heavy atom. The number of nitro benzene ring substituents is 1. The summed E-state index contributed by atoms with van der Waals surface area (Å²) in [6.07, 6.45) is 3.60. The maximum atomic E-state index is 11.4. The van der Waals surface area contributed by atoms with Gasteiger partial charge in [-0.2, -0.15) is 0 Å².